The normalized spacial score (nSPS) is 16.2. The minimum absolute atomic E-state index is 0.363. The molecule has 0 aromatic heterocycles. The van der Waals surface area contributed by atoms with Crippen LogP contribution in [0.3, 0.4) is 0 Å². The lowest BCUT2D eigenvalue weighted by Crippen LogP contribution is -2.42. The molecule has 0 atom stereocenters. The van der Waals surface area contributed by atoms with E-state index in [2.05, 4.69) is 4.99 Å². The second-order valence-electron chi connectivity index (χ2n) is 4.08. The Kier molecular flexibility index (Phi) is 3.61. The molecule has 0 aliphatic carbocycles. The van der Waals surface area contributed by atoms with Gasteiger partial charge < -0.3 is 0 Å². The molecule has 1 aromatic carbocycles. The van der Waals surface area contributed by atoms with E-state index in [0.717, 1.165) is 0 Å². The molecule has 0 spiro atoms. The van der Waals surface area contributed by atoms with Gasteiger partial charge in [0.15, 0.2) is 0 Å². The van der Waals surface area contributed by atoms with Crippen LogP contribution in [0.4, 0.5) is 0 Å². The Morgan fingerprint density at radius 2 is 2.11 bits per heavy atom. The first-order valence-electron chi connectivity index (χ1n) is 5.43. The zero-order valence-electron chi connectivity index (χ0n) is 10.2. The summed E-state index contributed by atoms with van der Waals surface area (Å²) in [4.78, 5) is 4.26. The molecule has 0 fully saturated rings. The third-order valence-corrected chi connectivity index (χ3v) is 4.69. The van der Waals surface area contributed by atoms with Crippen molar-refractivity contribution < 1.29 is 8.42 Å². The molecular formula is C11H14ClN3O2S. The fourth-order valence-corrected chi connectivity index (χ4v) is 2.99. The van der Waals surface area contributed by atoms with Crippen molar-refractivity contribution in [3.8, 4) is 0 Å². The third-order valence-electron chi connectivity index (χ3n) is 2.62. The molecule has 0 saturated heterocycles. The van der Waals surface area contributed by atoms with Crippen molar-refractivity contribution in [2.75, 3.05) is 27.2 Å². The van der Waals surface area contributed by atoms with E-state index in [1.165, 1.54) is 22.7 Å². The first-order valence-corrected chi connectivity index (χ1v) is 7.21. The molecule has 0 unspecified atom stereocenters. The molecule has 0 amide bonds. The SMILES string of the molecule is CN(C)S(=O)(=O)N1CCN=C1c1cccc(Cl)c1. The van der Waals surface area contributed by atoms with Crippen LogP contribution in [0.15, 0.2) is 29.3 Å². The molecule has 1 heterocycles. The summed E-state index contributed by atoms with van der Waals surface area (Å²) in [5.74, 6) is 0.450. The number of nitrogens with zero attached hydrogens (tertiary/aromatic N) is 3. The maximum atomic E-state index is 12.1. The van der Waals surface area contributed by atoms with Crippen LogP contribution < -0.4 is 0 Å². The number of aliphatic imine (C=N–C) groups is 1. The molecule has 0 saturated carbocycles. The molecule has 7 heteroatoms. The monoisotopic (exact) mass is 287 g/mol. The number of halogens is 1. The number of rotatable bonds is 3. The van der Waals surface area contributed by atoms with Crippen LogP contribution >= 0.6 is 11.6 Å². The van der Waals surface area contributed by atoms with Gasteiger partial charge in [-0.3, -0.25) is 4.99 Å². The van der Waals surface area contributed by atoms with Crippen molar-refractivity contribution in [3.63, 3.8) is 0 Å². The molecule has 0 bridgehead atoms. The number of hydrogen-bond acceptors (Lipinski definition) is 3. The summed E-state index contributed by atoms with van der Waals surface area (Å²) in [7, 11) is -0.488. The van der Waals surface area contributed by atoms with Gasteiger partial charge in [-0.25, -0.2) is 4.31 Å². The van der Waals surface area contributed by atoms with E-state index in [1.54, 1.807) is 24.3 Å². The highest BCUT2D eigenvalue weighted by Crippen LogP contribution is 2.19. The number of hydrogen-bond donors (Lipinski definition) is 0. The van der Waals surface area contributed by atoms with Gasteiger partial charge in [-0.1, -0.05) is 23.7 Å². The average Bonchev–Trinajstić information content (AvgIpc) is 2.78. The highest BCUT2D eigenvalue weighted by Gasteiger charge is 2.31. The van der Waals surface area contributed by atoms with Gasteiger partial charge in [-0.05, 0) is 12.1 Å². The van der Waals surface area contributed by atoms with Crippen LogP contribution in [-0.4, -0.2) is 50.0 Å². The largest absolute Gasteiger partial charge is 0.304 e. The summed E-state index contributed by atoms with van der Waals surface area (Å²) >= 11 is 5.91. The van der Waals surface area contributed by atoms with Gasteiger partial charge >= 0.3 is 10.2 Å². The molecule has 2 rings (SSSR count). The summed E-state index contributed by atoms with van der Waals surface area (Å²) in [6.45, 7) is 0.831. The van der Waals surface area contributed by atoms with Crippen molar-refractivity contribution in [2.45, 2.75) is 0 Å². The summed E-state index contributed by atoms with van der Waals surface area (Å²) in [5, 5.41) is 0.560. The summed E-state index contributed by atoms with van der Waals surface area (Å²) < 4.78 is 26.8. The Labute approximate surface area is 112 Å². The van der Waals surface area contributed by atoms with Crippen LogP contribution in [0.5, 0.6) is 0 Å². The summed E-state index contributed by atoms with van der Waals surface area (Å²) in [6, 6.07) is 7.03. The summed E-state index contributed by atoms with van der Waals surface area (Å²) in [5.41, 5.74) is 0.713. The van der Waals surface area contributed by atoms with Crippen LogP contribution in [0, 0.1) is 0 Å². The van der Waals surface area contributed by atoms with Crippen molar-refractivity contribution in [2.24, 2.45) is 4.99 Å². The zero-order valence-corrected chi connectivity index (χ0v) is 11.7. The second-order valence-corrected chi connectivity index (χ2v) is 6.58. The second kappa shape index (κ2) is 4.87. The van der Waals surface area contributed by atoms with E-state index >= 15 is 0 Å². The molecule has 0 radical (unpaired) electrons. The van der Waals surface area contributed by atoms with Gasteiger partial charge in [-0.15, -0.1) is 0 Å². The van der Waals surface area contributed by atoms with E-state index in [1.807, 2.05) is 0 Å². The van der Waals surface area contributed by atoms with Gasteiger partial charge in [0.05, 0.1) is 13.1 Å². The lowest BCUT2D eigenvalue weighted by molar-refractivity contribution is 0.466. The van der Waals surface area contributed by atoms with Gasteiger partial charge in [0.25, 0.3) is 0 Å². The standard InChI is InChI=1S/C11H14ClN3O2S/c1-14(2)18(16,17)15-7-6-13-11(15)9-4-3-5-10(12)8-9/h3-5,8H,6-7H2,1-2H3. The molecule has 98 valence electrons. The highest BCUT2D eigenvalue weighted by atomic mass is 35.5. The molecular weight excluding hydrogens is 274 g/mol. The molecule has 1 aliphatic heterocycles. The van der Waals surface area contributed by atoms with Gasteiger partial charge in [0, 0.05) is 24.7 Å². The van der Waals surface area contributed by atoms with E-state index < -0.39 is 10.2 Å². The Morgan fingerprint density at radius 3 is 2.72 bits per heavy atom. The maximum Gasteiger partial charge on any atom is 0.304 e. The number of benzene rings is 1. The van der Waals surface area contributed by atoms with E-state index in [4.69, 9.17) is 11.6 Å². The third kappa shape index (κ3) is 2.36. The van der Waals surface area contributed by atoms with Gasteiger partial charge in [0.1, 0.15) is 5.84 Å². The molecule has 18 heavy (non-hydrogen) atoms. The minimum Gasteiger partial charge on any atom is -0.265 e. The van der Waals surface area contributed by atoms with Gasteiger partial charge in [-0.2, -0.15) is 12.7 Å². The Morgan fingerprint density at radius 1 is 1.39 bits per heavy atom. The quantitative estimate of drug-likeness (QED) is 0.839. The topological polar surface area (TPSA) is 53.0 Å². The fourth-order valence-electron chi connectivity index (χ4n) is 1.72. The molecule has 1 aliphatic rings. The molecule has 1 aromatic rings. The average molecular weight is 288 g/mol. The fraction of sp³-hybridized carbons (Fsp3) is 0.364. The van der Waals surface area contributed by atoms with Crippen LogP contribution in [-0.2, 0) is 10.2 Å². The Hall–Kier alpha value is -1.11. The number of amidine groups is 1. The predicted octanol–water partition coefficient (Wildman–Crippen LogP) is 1.21. The predicted molar refractivity (Wildman–Crippen MR) is 72.2 cm³/mol. The van der Waals surface area contributed by atoms with E-state index in [0.29, 0.717) is 29.5 Å². The van der Waals surface area contributed by atoms with Crippen LogP contribution in [0.25, 0.3) is 0 Å². The van der Waals surface area contributed by atoms with Crippen LogP contribution in [0.2, 0.25) is 5.02 Å². The highest BCUT2D eigenvalue weighted by molar-refractivity contribution is 7.87. The van der Waals surface area contributed by atoms with Crippen molar-refractivity contribution in [3.05, 3.63) is 34.9 Å². The molecule has 5 nitrogen and oxygen atoms in total. The van der Waals surface area contributed by atoms with Gasteiger partial charge in [0.2, 0.25) is 0 Å². The Bertz CT molecular complexity index is 584. The minimum atomic E-state index is -3.49. The zero-order chi connectivity index (χ0) is 13.3. The van der Waals surface area contributed by atoms with Crippen molar-refractivity contribution in [1.29, 1.82) is 0 Å². The van der Waals surface area contributed by atoms with E-state index in [-0.39, 0.29) is 0 Å². The smallest absolute Gasteiger partial charge is 0.265 e. The van der Waals surface area contributed by atoms with E-state index in [9.17, 15) is 8.42 Å². The van der Waals surface area contributed by atoms with Crippen LogP contribution in [0.1, 0.15) is 5.56 Å². The first-order chi connectivity index (χ1) is 8.43. The maximum absolute atomic E-state index is 12.1. The summed E-state index contributed by atoms with van der Waals surface area (Å²) in [6.07, 6.45) is 0. The van der Waals surface area contributed by atoms with Crippen molar-refractivity contribution >= 4 is 27.6 Å². The first kappa shape index (κ1) is 13.3. The molecule has 0 N–H and O–H groups in total. The lowest BCUT2D eigenvalue weighted by atomic mass is 10.2. The lowest BCUT2D eigenvalue weighted by Gasteiger charge is -2.24. The van der Waals surface area contributed by atoms with Crippen molar-refractivity contribution in [1.82, 2.24) is 8.61 Å². The Balaban J connectivity index is 2.40.